The fourth-order valence-electron chi connectivity index (χ4n) is 3.32. The van der Waals surface area contributed by atoms with Crippen LogP contribution in [0, 0.1) is 5.82 Å². The highest BCUT2D eigenvalue weighted by molar-refractivity contribution is 7.22. The van der Waals surface area contributed by atoms with E-state index in [1.165, 1.54) is 17.4 Å². The van der Waals surface area contributed by atoms with E-state index in [0.717, 1.165) is 4.70 Å². The van der Waals surface area contributed by atoms with Crippen LogP contribution in [0.25, 0.3) is 10.2 Å². The van der Waals surface area contributed by atoms with E-state index in [4.69, 9.17) is 9.47 Å². The highest BCUT2D eigenvalue weighted by Gasteiger charge is 2.40. The number of nitrogens with zero attached hydrogens (tertiary/aromatic N) is 3. The standard InChI is InChI=1S/C17H20FN3O3S/c1-20(16-19-15-12(18)3-2-4-13(15)25-16)11-14(22)21-7-5-17(6-8-21)23-9-10-24-17/h2-4H,5-11H2,1H3. The highest BCUT2D eigenvalue weighted by atomic mass is 32.1. The van der Waals surface area contributed by atoms with Gasteiger partial charge in [0.05, 0.1) is 24.5 Å². The molecule has 8 heteroatoms. The Hall–Kier alpha value is -1.77. The van der Waals surface area contributed by atoms with Crippen LogP contribution in [0.5, 0.6) is 0 Å². The van der Waals surface area contributed by atoms with Gasteiger partial charge in [0.2, 0.25) is 5.91 Å². The normalized spacial score (nSPS) is 19.7. The van der Waals surface area contributed by atoms with Gasteiger partial charge in [0.25, 0.3) is 0 Å². The average Bonchev–Trinajstić information content (AvgIpc) is 3.23. The molecule has 1 amide bonds. The summed E-state index contributed by atoms with van der Waals surface area (Å²) in [6.07, 6.45) is 1.41. The molecular weight excluding hydrogens is 345 g/mol. The summed E-state index contributed by atoms with van der Waals surface area (Å²) < 4.78 is 26.0. The van der Waals surface area contributed by atoms with Crippen LogP contribution >= 0.6 is 11.3 Å². The number of likely N-dealkylation sites (N-methyl/N-ethyl adjacent to an activating group) is 1. The third-order valence-corrected chi connectivity index (χ3v) is 5.88. The lowest BCUT2D eigenvalue weighted by Crippen LogP contribution is -2.49. The molecule has 0 unspecified atom stereocenters. The largest absolute Gasteiger partial charge is 0.347 e. The fraction of sp³-hybridized carbons (Fsp3) is 0.529. The Morgan fingerprint density at radius 3 is 2.76 bits per heavy atom. The van der Waals surface area contributed by atoms with Crippen molar-refractivity contribution in [1.82, 2.24) is 9.88 Å². The van der Waals surface area contributed by atoms with Crippen LogP contribution in [0.4, 0.5) is 9.52 Å². The summed E-state index contributed by atoms with van der Waals surface area (Å²) in [5.41, 5.74) is 0.359. The Kier molecular flexibility index (Phi) is 4.35. The van der Waals surface area contributed by atoms with E-state index in [0.29, 0.717) is 49.8 Å². The molecule has 0 atom stereocenters. The Bertz CT molecular complexity index is 781. The van der Waals surface area contributed by atoms with Gasteiger partial charge in [-0.3, -0.25) is 4.79 Å². The zero-order valence-electron chi connectivity index (χ0n) is 14.0. The van der Waals surface area contributed by atoms with Gasteiger partial charge >= 0.3 is 0 Å². The molecule has 1 aromatic heterocycles. The average molecular weight is 365 g/mol. The minimum Gasteiger partial charge on any atom is -0.347 e. The molecule has 1 aromatic carbocycles. The van der Waals surface area contributed by atoms with Crippen LogP contribution in [0.15, 0.2) is 18.2 Å². The number of likely N-dealkylation sites (tertiary alicyclic amines) is 1. The zero-order chi connectivity index (χ0) is 17.4. The first-order chi connectivity index (χ1) is 12.1. The first kappa shape index (κ1) is 16.7. The van der Waals surface area contributed by atoms with Crippen molar-refractivity contribution in [3.63, 3.8) is 0 Å². The van der Waals surface area contributed by atoms with Crippen LogP contribution < -0.4 is 4.90 Å². The fourth-order valence-corrected chi connectivity index (χ4v) is 4.26. The van der Waals surface area contributed by atoms with Crippen LogP contribution in [0.3, 0.4) is 0 Å². The summed E-state index contributed by atoms with van der Waals surface area (Å²) in [6.45, 7) is 2.73. The van der Waals surface area contributed by atoms with Crippen LogP contribution in [-0.2, 0) is 14.3 Å². The van der Waals surface area contributed by atoms with Crippen LogP contribution in [0.2, 0.25) is 0 Å². The number of hydrogen-bond acceptors (Lipinski definition) is 6. The summed E-state index contributed by atoms with van der Waals surface area (Å²) in [5, 5.41) is 0.643. The Balaban J connectivity index is 1.39. The smallest absolute Gasteiger partial charge is 0.242 e. The van der Waals surface area contributed by atoms with Gasteiger partial charge in [-0.1, -0.05) is 17.4 Å². The van der Waals surface area contributed by atoms with E-state index in [1.807, 2.05) is 18.0 Å². The Morgan fingerprint density at radius 1 is 1.36 bits per heavy atom. The molecule has 2 aromatic rings. The predicted molar refractivity (Wildman–Crippen MR) is 93.3 cm³/mol. The SMILES string of the molecule is CN(CC(=O)N1CCC2(CC1)OCCO2)c1nc2c(F)cccc2s1. The second-order valence-corrected chi connectivity index (χ2v) is 7.44. The summed E-state index contributed by atoms with van der Waals surface area (Å²) in [4.78, 5) is 20.5. The maximum Gasteiger partial charge on any atom is 0.242 e. The van der Waals surface area contributed by atoms with E-state index in [2.05, 4.69) is 4.98 Å². The number of piperidine rings is 1. The van der Waals surface area contributed by atoms with E-state index in [-0.39, 0.29) is 18.3 Å². The minimum atomic E-state index is -0.479. The second kappa shape index (κ2) is 6.51. The molecule has 0 bridgehead atoms. The third kappa shape index (κ3) is 3.21. The maximum absolute atomic E-state index is 13.8. The number of thiazole rings is 1. The lowest BCUT2D eigenvalue weighted by Gasteiger charge is -2.38. The molecule has 6 nitrogen and oxygen atoms in total. The van der Waals surface area contributed by atoms with E-state index >= 15 is 0 Å². The van der Waals surface area contributed by atoms with Gasteiger partial charge in [-0.05, 0) is 12.1 Å². The van der Waals surface area contributed by atoms with Crippen LogP contribution in [0.1, 0.15) is 12.8 Å². The number of halogens is 1. The lowest BCUT2D eigenvalue weighted by atomic mass is 10.0. The topological polar surface area (TPSA) is 54.9 Å². The number of fused-ring (bicyclic) bond motifs is 1. The predicted octanol–water partition coefficient (Wildman–Crippen LogP) is 2.24. The van der Waals surface area contributed by atoms with Crippen molar-refractivity contribution in [3.05, 3.63) is 24.0 Å². The summed E-state index contributed by atoms with van der Waals surface area (Å²) in [5.74, 6) is -0.777. The van der Waals surface area contributed by atoms with Gasteiger partial charge in [-0.25, -0.2) is 9.37 Å². The van der Waals surface area contributed by atoms with Crippen molar-refractivity contribution in [3.8, 4) is 0 Å². The second-order valence-electron chi connectivity index (χ2n) is 6.43. The molecule has 134 valence electrons. The quantitative estimate of drug-likeness (QED) is 0.835. The number of hydrogen-bond donors (Lipinski definition) is 0. The van der Waals surface area contributed by atoms with Gasteiger partial charge in [0, 0.05) is 33.0 Å². The van der Waals surface area contributed by atoms with Crippen molar-refractivity contribution in [1.29, 1.82) is 0 Å². The van der Waals surface area contributed by atoms with Crippen molar-refractivity contribution < 1.29 is 18.7 Å². The van der Waals surface area contributed by atoms with Crippen molar-refractivity contribution in [2.75, 3.05) is 44.8 Å². The number of benzene rings is 1. The molecule has 0 N–H and O–H groups in total. The summed E-state index contributed by atoms with van der Waals surface area (Å²) >= 11 is 1.39. The summed E-state index contributed by atoms with van der Waals surface area (Å²) in [7, 11) is 1.81. The number of rotatable bonds is 3. The molecule has 0 radical (unpaired) electrons. The molecule has 25 heavy (non-hydrogen) atoms. The Labute approximate surface area is 149 Å². The van der Waals surface area contributed by atoms with Gasteiger partial charge in [0.15, 0.2) is 10.9 Å². The number of anilines is 1. The molecule has 2 aliphatic rings. The van der Waals surface area contributed by atoms with E-state index < -0.39 is 5.79 Å². The number of carbonyl (C=O) groups is 1. The number of para-hydroxylation sites is 1. The van der Waals surface area contributed by atoms with Crippen molar-refractivity contribution >= 4 is 32.6 Å². The molecule has 1 spiro atoms. The van der Waals surface area contributed by atoms with Gasteiger partial charge in [-0.2, -0.15) is 0 Å². The van der Waals surface area contributed by atoms with Crippen molar-refractivity contribution in [2.45, 2.75) is 18.6 Å². The number of amides is 1. The number of ether oxygens (including phenoxy) is 2. The van der Waals surface area contributed by atoms with Crippen molar-refractivity contribution in [2.24, 2.45) is 0 Å². The Morgan fingerprint density at radius 2 is 2.08 bits per heavy atom. The number of carbonyl (C=O) groups excluding carboxylic acids is 1. The van der Waals surface area contributed by atoms with Gasteiger partial charge < -0.3 is 19.3 Å². The zero-order valence-corrected chi connectivity index (χ0v) is 14.9. The first-order valence-corrected chi connectivity index (χ1v) is 9.20. The summed E-state index contributed by atoms with van der Waals surface area (Å²) in [6, 6.07) is 4.90. The molecular formula is C17H20FN3O3S. The molecule has 4 rings (SSSR count). The molecule has 0 saturated carbocycles. The molecule has 2 saturated heterocycles. The van der Waals surface area contributed by atoms with E-state index in [9.17, 15) is 9.18 Å². The van der Waals surface area contributed by atoms with Gasteiger partial charge in [0.1, 0.15) is 11.3 Å². The lowest BCUT2D eigenvalue weighted by molar-refractivity contribution is -0.187. The van der Waals surface area contributed by atoms with Gasteiger partial charge in [-0.15, -0.1) is 0 Å². The third-order valence-electron chi connectivity index (χ3n) is 4.75. The minimum absolute atomic E-state index is 0.0371. The highest BCUT2D eigenvalue weighted by Crippen LogP contribution is 2.32. The monoisotopic (exact) mass is 365 g/mol. The maximum atomic E-state index is 13.8. The van der Waals surface area contributed by atoms with E-state index in [1.54, 1.807) is 11.0 Å². The molecule has 2 aliphatic heterocycles. The number of aromatic nitrogens is 1. The first-order valence-electron chi connectivity index (χ1n) is 8.38. The molecule has 0 aliphatic carbocycles. The van der Waals surface area contributed by atoms with Crippen LogP contribution in [-0.4, -0.2) is 61.5 Å². The molecule has 2 fully saturated rings. The molecule has 3 heterocycles.